The largest absolute Gasteiger partial charge is 0.349 e. The lowest BCUT2D eigenvalue weighted by Gasteiger charge is -2.23. The smallest absolute Gasteiger partial charge is 0.228 e. The Balaban J connectivity index is 1.63. The number of carbonyl (C=O) groups is 2. The van der Waals surface area contributed by atoms with Gasteiger partial charge in [0.25, 0.3) is 0 Å². The van der Waals surface area contributed by atoms with E-state index in [-0.39, 0.29) is 30.2 Å². The number of anilines is 1. The first kappa shape index (κ1) is 20.5. The van der Waals surface area contributed by atoms with Crippen LogP contribution < -0.4 is 10.2 Å². The van der Waals surface area contributed by atoms with Gasteiger partial charge in [0.1, 0.15) is 0 Å². The highest BCUT2D eigenvalue weighted by Crippen LogP contribution is 2.26. The number of hydrogen-bond donors (Lipinski definition) is 1. The fourth-order valence-electron chi connectivity index (χ4n) is 3.56. The molecule has 1 aliphatic rings. The molecule has 0 saturated carbocycles. The van der Waals surface area contributed by atoms with Gasteiger partial charge in [0.2, 0.25) is 11.8 Å². The summed E-state index contributed by atoms with van der Waals surface area (Å²) in [5.74, 6) is 0.367. The predicted molar refractivity (Wildman–Crippen MR) is 114 cm³/mol. The van der Waals surface area contributed by atoms with Crippen LogP contribution in [-0.4, -0.2) is 23.3 Å². The van der Waals surface area contributed by atoms with Crippen molar-refractivity contribution in [2.24, 2.45) is 5.92 Å². The summed E-state index contributed by atoms with van der Waals surface area (Å²) in [6.45, 7) is 7.13. The number of carbonyl (C=O) groups excluding carboxylic acids is 2. The second kappa shape index (κ2) is 9.32. The van der Waals surface area contributed by atoms with Crippen LogP contribution in [0.2, 0.25) is 0 Å². The van der Waals surface area contributed by atoms with E-state index in [1.165, 1.54) is 16.9 Å². The van der Waals surface area contributed by atoms with Crippen LogP contribution in [0.3, 0.4) is 0 Å². The summed E-state index contributed by atoms with van der Waals surface area (Å²) in [4.78, 5) is 30.7. The molecule has 0 bridgehead atoms. The van der Waals surface area contributed by atoms with Crippen LogP contribution in [0.1, 0.15) is 62.9 Å². The standard InChI is InChI=1S/C22H29N3O2S/c1-4-6-16-8-10-17(11-9-16)21(15(2)3)24-19(26)13-18-14-28-22(23-18)25-12-5-7-20(25)27/h8-11,14-15,21H,4-7,12-13H2,1-3H3,(H,24,26). The Morgan fingerprint density at radius 1 is 1.29 bits per heavy atom. The van der Waals surface area contributed by atoms with Gasteiger partial charge in [-0.25, -0.2) is 4.98 Å². The van der Waals surface area contributed by atoms with Gasteiger partial charge in [-0.2, -0.15) is 0 Å². The molecule has 1 aliphatic heterocycles. The summed E-state index contributed by atoms with van der Waals surface area (Å²) >= 11 is 1.43. The van der Waals surface area contributed by atoms with Crippen molar-refractivity contribution < 1.29 is 9.59 Å². The van der Waals surface area contributed by atoms with Crippen molar-refractivity contribution in [2.45, 2.75) is 58.9 Å². The van der Waals surface area contributed by atoms with Crippen molar-refractivity contribution in [2.75, 3.05) is 11.4 Å². The average Bonchev–Trinajstić information content (AvgIpc) is 3.29. The van der Waals surface area contributed by atoms with E-state index in [1.807, 2.05) is 5.38 Å². The van der Waals surface area contributed by atoms with E-state index in [0.717, 1.165) is 37.1 Å². The maximum atomic E-state index is 12.6. The third-order valence-electron chi connectivity index (χ3n) is 5.05. The normalized spacial score (nSPS) is 15.3. The van der Waals surface area contributed by atoms with Crippen LogP contribution in [0.4, 0.5) is 5.13 Å². The van der Waals surface area contributed by atoms with Crippen molar-refractivity contribution in [3.63, 3.8) is 0 Å². The van der Waals surface area contributed by atoms with Crippen LogP contribution in [0.25, 0.3) is 0 Å². The van der Waals surface area contributed by atoms with Gasteiger partial charge in [0.15, 0.2) is 5.13 Å². The average molecular weight is 400 g/mol. The molecular formula is C22H29N3O2S. The predicted octanol–water partition coefficient (Wildman–Crippen LogP) is 4.28. The Hall–Kier alpha value is -2.21. The number of aromatic nitrogens is 1. The lowest BCUT2D eigenvalue weighted by molar-refractivity contribution is -0.121. The number of thiazole rings is 1. The van der Waals surface area contributed by atoms with Crippen molar-refractivity contribution in [1.82, 2.24) is 10.3 Å². The van der Waals surface area contributed by atoms with E-state index in [9.17, 15) is 9.59 Å². The molecule has 2 aromatic rings. The summed E-state index contributed by atoms with van der Waals surface area (Å²) in [5, 5.41) is 5.75. The van der Waals surface area contributed by atoms with E-state index < -0.39 is 0 Å². The Morgan fingerprint density at radius 3 is 2.64 bits per heavy atom. The first-order valence-corrected chi connectivity index (χ1v) is 11.0. The second-order valence-corrected chi connectivity index (χ2v) is 8.56. The highest BCUT2D eigenvalue weighted by molar-refractivity contribution is 7.14. The molecule has 0 radical (unpaired) electrons. The molecule has 1 aromatic carbocycles. The molecule has 2 heterocycles. The molecule has 1 saturated heterocycles. The highest BCUT2D eigenvalue weighted by atomic mass is 32.1. The summed E-state index contributed by atoms with van der Waals surface area (Å²) in [6, 6.07) is 8.52. The number of hydrogen-bond acceptors (Lipinski definition) is 4. The first-order valence-electron chi connectivity index (χ1n) is 10.1. The zero-order chi connectivity index (χ0) is 20.1. The summed E-state index contributed by atoms with van der Waals surface area (Å²) in [7, 11) is 0. The van der Waals surface area contributed by atoms with E-state index >= 15 is 0 Å². The molecule has 1 fully saturated rings. The molecule has 1 aromatic heterocycles. The summed E-state index contributed by atoms with van der Waals surface area (Å²) < 4.78 is 0. The number of benzene rings is 1. The maximum absolute atomic E-state index is 12.6. The monoisotopic (exact) mass is 399 g/mol. The number of nitrogens with zero attached hydrogens (tertiary/aromatic N) is 2. The zero-order valence-electron chi connectivity index (χ0n) is 16.9. The van der Waals surface area contributed by atoms with Gasteiger partial charge >= 0.3 is 0 Å². The third-order valence-corrected chi connectivity index (χ3v) is 5.96. The molecule has 3 rings (SSSR count). The minimum Gasteiger partial charge on any atom is -0.349 e. The van der Waals surface area contributed by atoms with Gasteiger partial charge in [0.05, 0.1) is 18.2 Å². The SMILES string of the molecule is CCCc1ccc(C(NC(=O)Cc2csc(N3CCCC3=O)n2)C(C)C)cc1. The van der Waals surface area contributed by atoms with E-state index in [1.54, 1.807) is 4.90 Å². The van der Waals surface area contributed by atoms with E-state index in [2.05, 4.69) is 55.3 Å². The molecular weight excluding hydrogens is 370 g/mol. The topological polar surface area (TPSA) is 62.3 Å². The number of amides is 2. The van der Waals surface area contributed by atoms with Crippen molar-refractivity contribution >= 4 is 28.3 Å². The van der Waals surface area contributed by atoms with Gasteiger partial charge < -0.3 is 5.32 Å². The van der Waals surface area contributed by atoms with Crippen LogP contribution in [0, 0.1) is 5.92 Å². The van der Waals surface area contributed by atoms with Crippen LogP contribution in [-0.2, 0) is 22.4 Å². The fourth-order valence-corrected chi connectivity index (χ4v) is 4.42. The zero-order valence-corrected chi connectivity index (χ0v) is 17.7. The lowest BCUT2D eigenvalue weighted by atomic mass is 9.94. The molecule has 5 nitrogen and oxygen atoms in total. The van der Waals surface area contributed by atoms with E-state index in [0.29, 0.717) is 11.6 Å². The van der Waals surface area contributed by atoms with Crippen LogP contribution >= 0.6 is 11.3 Å². The molecule has 1 N–H and O–H groups in total. The summed E-state index contributed by atoms with van der Waals surface area (Å²) in [5.41, 5.74) is 3.18. The van der Waals surface area contributed by atoms with Crippen molar-refractivity contribution in [3.05, 3.63) is 46.5 Å². The number of rotatable bonds is 8. The van der Waals surface area contributed by atoms with Gasteiger partial charge in [-0.3, -0.25) is 14.5 Å². The molecule has 1 atom stereocenters. The highest BCUT2D eigenvalue weighted by Gasteiger charge is 2.25. The Morgan fingerprint density at radius 2 is 2.04 bits per heavy atom. The Bertz CT molecular complexity index is 813. The van der Waals surface area contributed by atoms with Gasteiger partial charge in [-0.15, -0.1) is 11.3 Å². The molecule has 2 amide bonds. The van der Waals surface area contributed by atoms with Crippen LogP contribution in [0.15, 0.2) is 29.6 Å². The molecule has 1 unspecified atom stereocenters. The molecule has 0 aliphatic carbocycles. The number of nitrogens with one attached hydrogen (secondary N) is 1. The molecule has 150 valence electrons. The van der Waals surface area contributed by atoms with Gasteiger partial charge in [0, 0.05) is 18.3 Å². The van der Waals surface area contributed by atoms with E-state index in [4.69, 9.17) is 0 Å². The van der Waals surface area contributed by atoms with Crippen molar-refractivity contribution in [3.8, 4) is 0 Å². The molecule has 28 heavy (non-hydrogen) atoms. The van der Waals surface area contributed by atoms with Crippen LogP contribution in [0.5, 0.6) is 0 Å². The van der Waals surface area contributed by atoms with Gasteiger partial charge in [-0.05, 0) is 29.9 Å². The second-order valence-electron chi connectivity index (χ2n) is 7.73. The maximum Gasteiger partial charge on any atom is 0.228 e. The Labute approximate surface area is 171 Å². The first-order chi connectivity index (χ1) is 13.5. The fraction of sp³-hybridized carbons (Fsp3) is 0.500. The quantitative estimate of drug-likeness (QED) is 0.721. The van der Waals surface area contributed by atoms with Crippen molar-refractivity contribution in [1.29, 1.82) is 0 Å². The molecule has 6 heteroatoms. The minimum atomic E-state index is -0.0408. The number of aryl methyl sites for hydroxylation is 1. The Kier molecular flexibility index (Phi) is 6.83. The minimum absolute atomic E-state index is 0.0264. The molecule has 0 spiro atoms. The summed E-state index contributed by atoms with van der Waals surface area (Å²) in [6.07, 6.45) is 3.90. The lowest BCUT2D eigenvalue weighted by Crippen LogP contribution is -2.33. The van der Waals surface area contributed by atoms with Gasteiger partial charge in [-0.1, -0.05) is 51.5 Å². The third kappa shape index (κ3) is 4.98.